The number of aromatic nitrogens is 2. The van der Waals surface area contributed by atoms with Crippen molar-refractivity contribution in [2.24, 2.45) is 0 Å². The van der Waals surface area contributed by atoms with Crippen LogP contribution in [-0.2, 0) is 11.4 Å². The van der Waals surface area contributed by atoms with E-state index in [9.17, 15) is 0 Å². The molecule has 7 heteroatoms. The summed E-state index contributed by atoms with van der Waals surface area (Å²) in [6.45, 7) is 5.10. The monoisotopic (exact) mass is 325 g/mol. The van der Waals surface area contributed by atoms with Crippen LogP contribution in [0.3, 0.4) is 0 Å². The molecule has 3 rings (SSSR count). The lowest BCUT2D eigenvalue weighted by Gasteiger charge is -2.30. The van der Waals surface area contributed by atoms with Gasteiger partial charge >= 0.3 is 0 Å². The van der Waals surface area contributed by atoms with Crippen molar-refractivity contribution in [2.45, 2.75) is 19.7 Å². The summed E-state index contributed by atoms with van der Waals surface area (Å²) in [4.78, 5) is 2.59. The Hall–Kier alpha value is -1.21. The molecule has 0 bridgehead atoms. The zero-order valence-electron chi connectivity index (χ0n) is 11.7. The molecule has 112 valence electrons. The highest BCUT2D eigenvalue weighted by Gasteiger charge is 2.19. The van der Waals surface area contributed by atoms with Crippen LogP contribution in [0.5, 0.6) is 0 Å². The van der Waals surface area contributed by atoms with Gasteiger partial charge in [0.05, 0.1) is 30.0 Å². The van der Waals surface area contributed by atoms with Gasteiger partial charge in [-0.05, 0) is 31.3 Å². The number of halogens is 1. The molecule has 1 saturated heterocycles. The van der Waals surface area contributed by atoms with Crippen molar-refractivity contribution >= 4 is 23.8 Å². The minimum absolute atomic E-state index is 0.225. The number of hydrogen-bond donors (Lipinski definition) is 0. The first kappa shape index (κ1) is 14.7. The Kier molecular flexibility index (Phi) is 4.40. The molecule has 0 N–H and O–H groups in total. The number of rotatable bonds is 3. The zero-order chi connectivity index (χ0) is 14.8. The standard InChI is InChI=1S/C14H16ClN3O2S/c1-10-8-17(6-7-19-10)9-18-14(21)20-13(16-18)11-4-2-3-5-12(11)15/h2-5,10H,6-9H2,1H3/t10-/m1/s1. The summed E-state index contributed by atoms with van der Waals surface area (Å²) < 4.78 is 12.8. The number of hydrogen-bond acceptors (Lipinski definition) is 5. The Bertz CT molecular complexity index is 685. The molecule has 1 fully saturated rings. The Morgan fingerprint density at radius 3 is 3.00 bits per heavy atom. The van der Waals surface area contributed by atoms with Crippen molar-refractivity contribution < 1.29 is 9.15 Å². The summed E-state index contributed by atoms with van der Waals surface area (Å²) in [5.74, 6) is 0.451. The average Bonchev–Trinajstić information content (AvgIpc) is 2.80. The van der Waals surface area contributed by atoms with Gasteiger partial charge in [-0.1, -0.05) is 23.7 Å². The molecule has 1 aliphatic heterocycles. The summed E-state index contributed by atoms with van der Waals surface area (Å²) in [5.41, 5.74) is 0.749. The normalized spacial score (nSPS) is 19.8. The van der Waals surface area contributed by atoms with Crippen molar-refractivity contribution in [1.82, 2.24) is 14.7 Å². The van der Waals surface area contributed by atoms with Crippen molar-refractivity contribution in [3.05, 3.63) is 34.1 Å². The maximum atomic E-state index is 6.16. The maximum absolute atomic E-state index is 6.16. The maximum Gasteiger partial charge on any atom is 0.288 e. The van der Waals surface area contributed by atoms with Gasteiger partial charge in [0.2, 0.25) is 5.89 Å². The molecule has 2 aromatic rings. The molecule has 0 aliphatic carbocycles. The van der Waals surface area contributed by atoms with Crippen LogP contribution in [0, 0.1) is 4.84 Å². The predicted octanol–water partition coefficient (Wildman–Crippen LogP) is 3.20. The lowest BCUT2D eigenvalue weighted by Crippen LogP contribution is -2.42. The molecule has 1 atom stereocenters. The third kappa shape index (κ3) is 3.35. The van der Waals surface area contributed by atoms with Crippen LogP contribution in [0.25, 0.3) is 11.5 Å². The molecule has 0 amide bonds. The molecule has 0 unspecified atom stereocenters. The fraction of sp³-hybridized carbons (Fsp3) is 0.429. The van der Waals surface area contributed by atoms with Crippen LogP contribution >= 0.6 is 23.8 Å². The number of ether oxygens (including phenoxy) is 1. The van der Waals surface area contributed by atoms with E-state index < -0.39 is 0 Å². The number of benzene rings is 1. The molecule has 1 aromatic heterocycles. The fourth-order valence-electron chi connectivity index (χ4n) is 2.35. The van der Waals surface area contributed by atoms with E-state index in [4.69, 9.17) is 33.0 Å². The van der Waals surface area contributed by atoms with E-state index in [0.29, 0.717) is 22.4 Å². The predicted molar refractivity (Wildman–Crippen MR) is 82.8 cm³/mol. The van der Waals surface area contributed by atoms with E-state index in [-0.39, 0.29) is 6.10 Å². The van der Waals surface area contributed by atoms with Crippen LogP contribution in [0.15, 0.2) is 28.7 Å². The summed E-state index contributed by atoms with van der Waals surface area (Å²) in [7, 11) is 0. The van der Waals surface area contributed by atoms with E-state index >= 15 is 0 Å². The Labute approximate surface area is 133 Å². The summed E-state index contributed by atoms with van der Waals surface area (Å²) in [6.07, 6.45) is 0.225. The molecule has 0 radical (unpaired) electrons. The first-order chi connectivity index (χ1) is 10.1. The Morgan fingerprint density at radius 2 is 2.24 bits per heavy atom. The van der Waals surface area contributed by atoms with Gasteiger partial charge in [-0.15, -0.1) is 5.10 Å². The van der Waals surface area contributed by atoms with Crippen LogP contribution in [0.1, 0.15) is 6.92 Å². The zero-order valence-corrected chi connectivity index (χ0v) is 13.2. The second kappa shape index (κ2) is 6.27. The van der Waals surface area contributed by atoms with Crippen molar-refractivity contribution in [1.29, 1.82) is 0 Å². The van der Waals surface area contributed by atoms with E-state index in [1.807, 2.05) is 18.2 Å². The van der Waals surface area contributed by atoms with Crippen LogP contribution in [0.4, 0.5) is 0 Å². The van der Waals surface area contributed by atoms with Gasteiger partial charge in [-0.3, -0.25) is 4.90 Å². The highest BCUT2D eigenvalue weighted by molar-refractivity contribution is 7.71. The molecule has 0 spiro atoms. The van der Waals surface area contributed by atoms with E-state index in [1.165, 1.54) is 0 Å². The van der Waals surface area contributed by atoms with Gasteiger partial charge in [0, 0.05) is 13.1 Å². The quantitative estimate of drug-likeness (QED) is 0.811. The molecule has 2 heterocycles. The third-order valence-electron chi connectivity index (χ3n) is 3.37. The smallest absolute Gasteiger partial charge is 0.288 e. The summed E-state index contributed by atoms with van der Waals surface area (Å²) in [6, 6.07) is 7.43. The highest BCUT2D eigenvalue weighted by Crippen LogP contribution is 2.26. The lowest BCUT2D eigenvalue weighted by molar-refractivity contribution is -0.0309. The van der Waals surface area contributed by atoms with Gasteiger partial charge in [-0.2, -0.15) is 0 Å². The first-order valence-electron chi connectivity index (χ1n) is 6.80. The van der Waals surface area contributed by atoms with Gasteiger partial charge in [0.25, 0.3) is 4.84 Å². The third-order valence-corrected chi connectivity index (χ3v) is 3.99. The molecule has 21 heavy (non-hydrogen) atoms. The average molecular weight is 326 g/mol. The Balaban J connectivity index is 1.82. The van der Waals surface area contributed by atoms with E-state index in [1.54, 1.807) is 10.7 Å². The molecular formula is C14H16ClN3O2S. The molecule has 0 saturated carbocycles. The molecular weight excluding hydrogens is 310 g/mol. The fourth-order valence-corrected chi connectivity index (χ4v) is 2.74. The molecule has 1 aliphatic rings. The van der Waals surface area contributed by atoms with Gasteiger partial charge in [0.15, 0.2) is 0 Å². The van der Waals surface area contributed by atoms with Crippen molar-refractivity contribution in [2.75, 3.05) is 19.7 Å². The second-order valence-electron chi connectivity index (χ2n) is 5.05. The minimum Gasteiger partial charge on any atom is -0.409 e. The number of morpholine rings is 1. The van der Waals surface area contributed by atoms with Gasteiger partial charge < -0.3 is 9.15 Å². The highest BCUT2D eigenvalue weighted by atomic mass is 35.5. The SMILES string of the molecule is C[C@@H]1CN(Cn2nc(-c3ccccc3Cl)oc2=S)CCO1. The van der Waals surface area contributed by atoms with Crippen LogP contribution in [0.2, 0.25) is 5.02 Å². The summed E-state index contributed by atoms with van der Waals surface area (Å²) >= 11 is 11.4. The van der Waals surface area contributed by atoms with E-state index in [0.717, 1.165) is 25.3 Å². The molecule has 5 nitrogen and oxygen atoms in total. The summed E-state index contributed by atoms with van der Waals surface area (Å²) in [5, 5.41) is 5.04. The second-order valence-corrected chi connectivity index (χ2v) is 5.81. The number of nitrogens with zero attached hydrogens (tertiary/aromatic N) is 3. The van der Waals surface area contributed by atoms with E-state index in [2.05, 4.69) is 16.9 Å². The van der Waals surface area contributed by atoms with Crippen LogP contribution < -0.4 is 0 Å². The topological polar surface area (TPSA) is 43.4 Å². The van der Waals surface area contributed by atoms with Gasteiger partial charge in [-0.25, -0.2) is 4.68 Å². The minimum atomic E-state index is 0.225. The van der Waals surface area contributed by atoms with Crippen LogP contribution in [-0.4, -0.2) is 40.5 Å². The van der Waals surface area contributed by atoms with Crippen molar-refractivity contribution in [3.8, 4) is 11.5 Å². The molecule has 1 aromatic carbocycles. The van der Waals surface area contributed by atoms with Gasteiger partial charge in [0.1, 0.15) is 0 Å². The largest absolute Gasteiger partial charge is 0.409 e. The van der Waals surface area contributed by atoms with Crippen molar-refractivity contribution in [3.63, 3.8) is 0 Å². The Morgan fingerprint density at radius 1 is 1.43 bits per heavy atom. The lowest BCUT2D eigenvalue weighted by atomic mass is 10.2. The first-order valence-corrected chi connectivity index (χ1v) is 7.59.